The number of benzene rings is 1. The van der Waals surface area contributed by atoms with E-state index in [1.807, 2.05) is 24.3 Å². The summed E-state index contributed by atoms with van der Waals surface area (Å²) in [7, 11) is 1.64. The number of piperidine rings is 1. The summed E-state index contributed by atoms with van der Waals surface area (Å²) in [5.41, 5.74) is 6.45. The van der Waals surface area contributed by atoms with Crippen molar-refractivity contribution in [3.63, 3.8) is 0 Å². The number of fused-ring (bicyclic) bond motifs is 1. The van der Waals surface area contributed by atoms with Gasteiger partial charge in [-0.25, -0.2) is 4.98 Å². The largest absolute Gasteiger partial charge is 0.496 e. The number of thiazole rings is 1. The Hall–Kier alpha value is -2.65. The molecule has 1 amide bonds. The maximum absolute atomic E-state index is 11.6. The van der Waals surface area contributed by atoms with Crippen molar-refractivity contribution in [3.8, 4) is 11.6 Å². The molecule has 2 aromatic heterocycles. The lowest BCUT2D eigenvalue weighted by atomic mass is 9.93. The number of methoxy groups -OCH3 is 1. The molecule has 0 saturated carbocycles. The minimum atomic E-state index is -0.245. The molecule has 0 radical (unpaired) electrons. The molecule has 1 saturated heterocycles. The van der Waals surface area contributed by atoms with Crippen molar-refractivity contribution in [2.45, 2.75) is 25.8 Å². The van der Waals surface area contributed by atoms with Crippen LogP contribution in [0.4, 0.5) is 0 Å². The molecule has 0 unspecified atom stereocenters. The lowest BCUT2D eigenvalue weighted by Gasteiger charge is -2.36. The smallest absolute Gasteiger partial charge is 0.230 e. The van der Waals surface area contributed by atoms with Gasteiger partial charge in [0.15, 0.2) is 0 Å². The molecule has 9 heteroatoms. The van der Waals surface area contributed by atoms with Crippen LogP contribution >= 0.6 is 11.3 Å². The number of carbonyl (C=O) groups is 1. The topological polar surface area (TPSA) is 106 Å². The Morgan fingerprint density at radius 3 is 2.71 bits per heavy atom. The summed E-state index contributed by atoms with van der Waals surface area (Å²) < 4.78 is 7.08. The van der Waals surface area contributed by atoms with Crippen LogP contribution in [-0.4, -0.2) is 50.7 Å². The van der Waals surface area contributed by atoms with Gasteiger partial charge >= 0.3 is 0 Å². The molecule has 1 aliphatic rings. The second-order valence-electron chi connectivity index (χ2n) is 7.00. The molecular formula is C19H23N5O3S. The quantitative estimate of drug-likeness (QED) is 0.678. The van der Waals surface area contributed by atoms with Gasteiger partial charge in [-0.1, -0.05) is 29.5 Å². The lowest BCUT2D eigenvalue weighted by molar-refractivity contribution is -0.123. The van der Waals surface area contributed by atoms with Gasteiger partial charge in [-0.3, -0.25) is 9.69 Å². The molecule has 1 atom stereocenters. The van der Waals surface area contributed by atoms with Gasteiger partial charge < -0.3 is 15.6 Å². The molecule has 3 N–H and O–H groups in total. The Balaban J connectivity index is 1.78. The van der Waals surface area contributed by atoms with Crippen LogP contribution < -0.4 is 10.5 Å². The highest BCUT2D eigenvalue weighted by Crippen LogP contribution is 2.43. The van der Waals surface area contributed by atoms with Crippen molar-refractivity contribution in [2.24, 2.45) is 11.7 Å². The van der Waals surface area contributed by atoms with Crippen LogP contribution in [0.3, 0.4) is 0 Å². The minimum absolute atomic E-state index is 0.0912. The fraction of sp³-hybridized carbons (Fsp3) is 0.421. The first-order chi connectivity index (χ1) is 13.5. The van der Waals surface area contributed by atoms with E-state index in [-0.39, 0.29) is 23.7 Å². The predicted octanol–water partition coefficient (Wildman–Crippen LogP) is 2.10. The van der Waals surface area contributed by atoms with E-state index in [9.17, 15) is 9.90 Å². The first-order valence-electron chi connectivity index (χ1n) is 9.21. The van der Waals surface area contributed by atoms with E-state index in [2.05, 4.69) is 15.0 Å². The number of rotatable bonds is 5. The number of primary amides is 1. The molecule has 3 heterocycles. The van der Waals surface area contributed by atoms with Gasteiger partial charge in [0.25, 0.3) is 0 Å². The fourth-order valence-electron chi connectivity index (χ4n) is 3.86. The second-order valence-corrected chi connectivity index (χ2v) is 8.01. The summed E-state index contributed by atoms with van der Waals surface area (Å²) in [6, 6.07) is 7.57. The van der Waals surface area contributed by atoms with Gasteiger partial charge in [0.2, 0.25) is 16.7 Å². The zero-order chi connectivity index (χ0) is 19.8. The Labute approximate surface area is 166 Å². The van der Waals surface area contributed by atoms with E-state index in [1.54, 1.807) is 14.0 Å². The zero-order valence-corrected chi connectivity index (χ0v) is 16.6. The highest BCUT2D eigenvalue weighted by atomic mass is 32.1. The molecule has 148 valence electrons. The van der Waals surface area contributed by atoms with Gasteiger partial charge in [-0.15, -0.1) is 5.10 Å². The average molecular weight is 401 g/mol. The van der Waals surface area contributed by atoms with E-state index in [4.69, 9.17) is 10.5 Å². The lowest BCUT2D eigenvalue weighted by Crippen LogP contribution is -2.40. The Bertz CT molecular complexity index is 1010. The van der Waals surface area contributed by atoms with E-state index < -0.39 is 0 Å². The van der Waals surface area contributed by atoms with Crippen LogP contribution in [0.1, 0.15) is 35.1 Å². The summed E-state index contributed by atoms with van der Waals surface area (Å²) in [6.45, 7) is 3.19. The van der Waals surface area contributed by atoms with Crippen LogP contribution in [-0.2, 0) is 4.79 Å². The highest BCUT2D eigenvalue weighted by Gasteiger charge is 2.34. The number of likely N-dealkylation sites (tertiary alicyclic amines) is 1. The maximum atomic E-state index is 11.6. The fourth-order valence-corrected chi connectivity index (χ4v) is 5.02. The van der Waals surface area contributed by atoms with Crippen LogP contribution in [0.5, 0.6) is 11.6 Å². The zero-order valence-electron chi connectivity index (χ0n) is 15.8. The van der Waals surface area contributed by atoms with Crippen molar-refractivity contribution in [3.05, 3.63) is 40.5 Å². The number of aromatic hydroxyl groups is 1. The van der Waals surface area contributed by atoms with Crippen molar-refractivity contribution in [2.75, 3.05) is 20.2 Å². The summed E-state index contributed by atoms with van der Waals surface area (Å²) in [5.74, 6) is 1.11. The number of carbonyl (C=O) groups excluding carboxylic acids is 1. The molecule has 1 aromatic carbocycles. The molecule has 3 aromatic rings. The Morgan fingerprint density at radius 2 is 2.07 bits per heavy atom. The van der Waals surface area contributed by atoms with Crippen LogP contribution in [0.2, 0.25) is 0 Å². The van der Waals surface area contributed by atoms with E-state index in [0.29, 0.717) is 36.7 Å². The Kier molecular flexibility index (Phi) is 4.94. The van der Waals surface area contributed by atoms with Crippen LogP contribution in [0.15, 0.2) is 24.3 Å². The predicted molar refractivity (Wildman–Crippen MR) is 106 cm³/mol. The molecule has 4 rings (SSSR count). The number of para-hydroxylation sites is 1. The number of hydrogen-bond acceptors (Lipinski definition) is 7. The summed E-state index contributed by atoms with van der Waals surface area (Å²) in [6.07, 6.45) is 1.39. The molecule has 28 heavy (non-hydrogen) atoms. The van der Waals surface area contributed by atoms with Crippen molar-refractivity contribution < 1.29 is 14.6 Å². The van der Waals surface area contributed by atoms with Crippen LogP contribution in [0, 0.1) is 12.8 Å². The van der Waals surface area contributed by atoms with Gasteiger partial charge in [0.05, 0.1) is 18.0 Å². The Morgan fingerprint density at radius 1 is 1.36 bits per heavy atom. The molecule has 8 nitrogen and oxygen atoms in total. The maximum Gasteiger partial charge on any atom is 0.230 e. The van der Waals surface area contributed by atoms with Gasteiger partial charge in [-0.2, -0.15) is 4.52 Å². The SMILES string of the molecule is COc1ccccc1[C@H](c1sc2nc(C)nn2c1O)N1CCC(C(N)=O)CC1. The van der Waals surface area contributed by atoms with Gasteiger partial charge in [0.1, 0.15) is 11.6 Å². The number of aromatic nitrogens is 3. The number of nitrogens with zero attached hydrogens (tertiary/aromatic N) is 4. The standard InChI is InChI=1S/C19H23N5O3S/c1-11-21-19-24(22-11)18(26)16(28-19)15(13-5-3-4-6-14(13)27-2)23-9-7-12(8-10-23)17(20)25/h3-6,12,15,26H,7-10H2,1-2H3,(H2,20,25)/t15-/m1/s1. The minimum Gasteiger partial charge on any atom is -0.496 e. The number of ether oxygens (including phenoxy) is 1. The van der Waals surface area contributed by atoms with Gasteiger partial charge in [0, 0.05) is 11.5 Å². The van der Waals surface area contributed by atoms with Crippen LogP contribution in [0.25, 0.3) is 4.96 Å². The summed E-state index contributed by atoms with van der Waals surface area (Å²) in [4.78, 5) is 19.6. The highest BCUT2D eigenvalue weighted by molar-refractivity contribution is 7.17. The third-order valence-corrected chi connectivity index (χ3v) is 6.36. The third kappa shape index (κ3) is 3.20. The summed E-state index contributed by atoms with van der Waals surface area (Å²) in [5, 5.41) is 15.2. The molecule has 0 aliphatic carbocycles. The molecule has 1 aliphatic heterocycles. The molecule has 0 bridgehead atoms. The first-order valence-corrected chi connectivity index (χ1v) is 10.0. The van der Waals surface area contributed by atoms with E-state index in [0.717, 1.165) is 16.2 Å². The van der Waals surface area contributed by atoms with E-state index in [1.165, 1.54) is 15.9 Å². The van der Waals surface area contributed by atoms with Crippen molar-refractivity contribution >= 4 is 22.2 Å². The number of nitrogens with two attached hydrogens (primary N) is 1. The van der Waals surface area contributed by atoms with E-state index >= 15 is 0 Å². The normalized spacial score (nSPS) is 17.1. The second kappa shape index (κ2) is 7.40. The third-order valence-electron chi connectivity index (χ3n) is 5.28. The number of hydrogen-bond donors (Lipinski definition) is 2. The molecule has 1 fully saturated rings. The summed E-state index contributed by atoms with van der Waals surface area (Å²) >= 11 is 1.42. The molecule has 0 spiro atoms. The monoisotopic (exact) mass is 401 g/mol. The number of aryl methyl sites for hydroxylation is 1. The van der Waals surface area contributed by atoms with Crippen molar-refractivity contribution in [1.82, 2.24) is 19.5 Å². The number of amides is 1. The molecular weight excluding hydrogens is 378 g/mol. The first kappa shape index (κ1) is 18.7. The van der Waals surface area contributed by atoms with Crippen molar-refractivity contribution in [1.29, 1.82) is 0 Å². The van der Waals surface area contributed by atoms with Gasteiger partial charge in [-0.05, 0) is 38.9 Å². The average Bonchev–Trinajstić information content (AvgIpc) is 3.20.